The Morgan fingerprint density at radius 2 is 1.64 bits per heavy atom. The lowest BCUT2D eigenvalue weighted by atomic mass is 10.3. The van der Waals surface area contributed by atoms with E-state index in [0.717, 1.165) is 0 Å². The highest BCUT2D eigenvalue weighted by Gasteiger charge is 2.36. The van der Waals surface area contributed by atoms with E-state index < -0.39 is 40.4 Å². The van der Waals surface area contributed by atoms with Gasteiger partial charge < -0.3 is 5.84 Å². The van der Waals surface area contributed by atoms with Gasteiger partial charge in [-0.25, -0.2) is 22.8 Å². The SMILES string of the molecule is Nn1c(C(F)(F)F)cc(=O)n(-c2cc(F)c(I)cc2F)c1=O. The van der Waals surface area contributed by atoms with Crippen LogP contribution in [0, 0.1) is 15.2 Å². The maximum Gasteiger partial charge on any atom is 0.433 e. The number of halogens is 6. The van der Waals surface area contributed by atoms with Gasteiger partial charge in [0.25, 0.3) is 5.56 Å². The third-order valence-electron chi connectivity index (χ3n) is 2.66. The van der Waals surface area contributed by atoms with Gasteiger partial charge in [-0.3, -0.25) is 4.79 Å². The van der Waals surface area contributed by atoms with E-state index in [1.807, 2.05) is 0 Å². The Balaban J connectivity index is 2.85. The molecule has 1 aromatic carbocycles. The number of hydrogen-bond donors (Lipinski definition) is 1. The molecule has 0 spiro atoms. The molecule has 1 aromatic heterocycles. The van der Waals surface area contributed by atoms with Gasteiger partial charge in [0.2, 0.25) is 0 Å². The smallest absolute Gasteiger partial charge is 0.335 e. The first-order chi connectivity index (χ1) is 10.0. The van der Waals surface area contributed by atoms with Crippen molar-refractivity contribution in [3.05, 3.63) is 59.9 Å². The number of nitrogen functional groups attached to an aromatic ring is 1. The molecule has 11 heteroatoms. The summed E-state index contributed by atoms with van der Waals surface area (Å²) < 4.78 is 64.7. The minimum absolute atomic E-state index is 0.0176. The van der Waals surface area contributed by atoms with Crippen LogP contribution in [0.1, 0.15) is 5.69 Å². The Bertz CT molecular complexity index is 872. The molecule has 0 aliphatic heterocycles. The first-order valence-corrected chi connectivity index (χ1v) is 6.48. The fraction of sp³-hybridized carbons (Fsp3) is 0.0909. The van der Waals surface area contributed by atoms with Gasteiger partial charge in [0, 0.05) is 12.1 Å². The monoisotopic (exact) mass is 433 g/mol. The maximum absolute atomic E-state index is 13.8. The molecule has 0 bridgehead atoms. The highest BCUT2D eigenvalue weighted by molar-refractivity contribution is 14.1. The standard InChI is InChI=1S/C11H5F5IN3O2/c12-4-2-7(5(13)1-6(4)17)19-9(21)3-8(11(14,15)16)20(18)10(19)22/h1-3H,18H2. The van der Waals surface area contributed by atoms with Crippen LogP contribution in [0.2, 0.25) is 0 Å². The molecule has 0 atom stereocenters. The van der Waals surface area contributed by atoms with Gasteiger partial charge in [0.05, 0.1) is 9.26 Å². The van der Waals surface area contributed by atoms with Crippen LogP contribution in [-0.2, 0) is 6.18 Å². The molecule has 0 unspecified atom stereocenters. The largest absolute Gasteiger partial charge is 0.433 e. The normalized spacial score (nSPS) is 11.7. The van der Waals surface area contributed by atoms with Gasteiger partial charge in [-0.1, -0.05) is 0 Å². The third-order valence-corrected chi connectivity index (χ3v) is 3.49. The van der Waals surface area contributed by atoms with Gasteiger partial charge >= 0.3 is 11.9 Å². The molecule has 0 aliphatic carbocycles. The van der Waals surface area contributed by atoms with Crippen LogP contribution in [0.3, 0.4) is 0 Å². The summed E-state index contributed by atoms with van der Waals surface area (Å²) in [6, 6.07) is 1.24. The zero-order chi connectivity index (χ0) is 16.8. The lowest BCUT2D eigenvalue weighted by molar-refractivity contribution is -0.143. The molecule has 2 N–H and O–H groups in total. The van der Waals surface area contributed by atoms with Crippen LogP contribution < -0.4 is 17.1 Å². The maximum atomic E-state index is 13.8. The minimum atomic E-state index is -5.05. The van der Waals surface area contributed by atoms with E-state index in [-0.39, 0.29) is 18.9 Å². The molecule has 1 heterocycles. The molecule has 22 heavy (non-hydrogen) atoms. The number of aromatic nitrogens is 2. The number of nitrogens with zero attached hydrogens (tertiary/aromatic N) is 2. The fourth-order valence-electron chi connectivity index (χ4n) is 1.68. The number of hydrogen-bond acceptors (Lipinski definition) is 3. The third kappa shape index (κ3) is 2.71. The summed E-state index contributed by atoms with van der Waals surface area (Å²) in [7, 11) is 0. The average molecular weight is 433 g/mol. The summed E-state index contributed by atoms with van der Waals surface area (Å²) in [5.41, 5.74) is -5.68. The number of benzene rings is 1. The number of rotatable bonds is 1. The second-order valence-corrected chi connectivity index (χ2v) is 5.23. The highest BCUT2D eigenvalue weighted by Crippen LogP contribution is 2.26. The molecular formula is C11H5F5IN3O2. The van der Waals surface area contributed by atoms with E-state index in [1.165, 1.54) is 22.6 Å². The van der Waals surface area contributed by atoms with E-state index in [9.17, 15) is 31.5 Å². The van der Waals surface area contributed by atoms with Crippen molar-refractivity contribution in [1.29, 1.82) is 0 Å². The zero-order valence-corrected chi connectivity index (χ0v) is 12.4. The lowest BCUT2D eigenvalue weighted by Gasteiger charge is -2.14. The zero-order valence-electron chi connectivity index (χ0n) is 10.3. The molecule has 5 nitrogen and oxygen atoms in total. The average Bonchev–Trinajstić information content (AvgIpc) is 2.38. The Morgan fingerprint density at radius 3 is 2.18 bits per heavy atom. The molecular weight excluding hydrogens is 428 g/mol. The van der Waals surface area contributed by atoms with Crippen LogP contribution in [0.5, 0.6) is 0 Å². The summed E-state index contributed by atoms with van der Waals surface area (Å²) in [4.78, 5) is 23.5. The fourth-order valence-corrected chi connectivity index (χ4v) is 2.11. The lowest BCUT2D eigenvalue weighted by Crippen LogP contribution is -2.45. The molecule has 2 rings (SSSR count). The minimum Gasteiger partial charge on any atom is -0.335 e. The Hall–Kier alpha value is -1.92. The summed E-state index contributed by atoms with van der Waals surface area (Å²) in [5, 5.41) is 0. The number of alkyl halides is 3. The van der Waals surface area contributed by atoms with Gasteiger partial charge in [-0.15, -0.1) is 0 Å². The summed E-state index contributed by atoms with van der Waals surface area (Å²) in [5.74, 6) is 2.89. The summed E-state index contributed by atoms with van der Waals surface area (Å²) in [6.45, 7) is 0. The van der Waals surface area contributed by atoms with Crippen LogP contribution in [0.4, 0.5) is 22.0 Å². The molecule has 0 fully saturated rings. The van der Waals surface area contributed by atoms with Crippen molar-refractivity contribution in [3.63, 3.8) is 0 Å². The van der Waals surface area contributed by atoms with Crippen molar-refractivity contribution in [2.45, 2.75) is 6.18 Å². The molecule has 118 valence electrons. The van der Waals surface area contributed by atoms with Crippen LogP contribution in [0.25, 0.3) is 5.69 Å². The Kier molecular flexibility index (Phi) is 4.02. The van der Waals surface area contributed by atoms with Gasteiger partial charge in [0.1, 0.15) is 11.6 Å². The van der Waals surface area contributed by atoms with Crippen LogP contribution in [-0.4, -0.2) is 9.24 Å². The molecule has 0 saturated carbocycles. The van der Waals surface area contributed by atoms with Crippen molar-refractivity contribution < 1.29 is 22.0 Å². The van der Waals surface area contributed by atoms with E-state index >= 15 is 0 Å². The van der Waals surface area contributed by atoms with E-state index in [4.69, 9.17) is 5.84 Å². The second kappa shape index (κ2) is 5.37. The van der Waals surface area contributed by atoms with E-state index in [1.54, 1.807) is 0 Å². The quantitative estimate of drug-likeness (QED) is 0.322. The van der Waals surface area contributed by atoms with E-state index in [0.29, 0.717) is 12.1 Å². The first kappa shape index (κ1) is 16.5. The predicted molar refractivity (Wildman–Crippen MR) is 74.1 cm³/mol. The first-order valence-electron chi connectivity index (χ1n) is 5.40. The van der Waals surface area contributed by atoms with Gasteiger partial charge in [-0.2, -0.15) is 13.2 Å². The molecule has 0 radical (unpaired) electrons. The predicted octanol–water partition coefficient (Wildman–Crippen LogP) is 1.61. The summed E-state index contributed by atoms with van der Waals surface area (Å²) in [6.07, 6.45) is -5.05. The Morgan fingerprint density at radius 1 is 1.05 bits per heavy atom. The molecule has 2 aromatic rings. The van der Waals surface area contributed by atoms with Gasteiger partial charge in [0.15, 0.2) is 5.69 Å². The van der Waals surface area contributed by atoms with Crippen LogP contribution in [0.15, 0.2) is 27.8 Å². The molecule has 0 saturated heterocycles. The molecule has 0 amide bonds. The molecule has 0 aliphatic rings. The van der Waals surface area contributed by atoms with Crippen molar-refractivity contribution in [3.8, 4) is 5.69 Å². The van der Waals surface area contributed by atoms with E-state index in [2.05, 4.69) is 0 Å². The van der Waals surface area contributed by atoms with Crippen molar-refractivity contribution in [2.24, 2.45) is 0 Å². The number of nitrogens with two attached hydrogens (primary N) is 1. The second-order valence-electron chi connectivity index (χ2n) is 4.07. The topological polar surface area (TPSA) is 70.0 Å². The van der Waals surface area contributed by atoms with Crippen molar-refractivity contribution >= 4 is 22.6 Å². The van der Waals surface area contributed by atoms with Crippen molar-refractivity contribution in [2.75, 3.05) is 5.84 Å². The Labute approximate surface area is 131 Å². The summed E-state index contributed by atoms with van der Waals surface area (Å²) >= 11 is 1.47. The van der Waals surface area contributed by atoms with Crippen LogP contribution >= 0.6 is 22.6 Å². The van der Waals surface area contributed by atoms with Gasteiger partial charge in [-0.05, 0) is 28.7 Å². The van der Waals surface area contributed by atoms with Crippen molar-refractivity contribution in [1.82, 2.24) is 9.24 Å². The highest BCUT2D eigenvalue weighted by atomic mass is 127.